The SMILES string of the molecule is CC(C)C1CCCN(CC(CN)C(C)C)CC1. The fourth-order valence-corrected chi connectivity index (χ4v) is 2.92. The summed E-state index contributed by atoms with van der Waals surface area (Å²) in [6.45, 7) is 14.0. The summed E-state index contributed by atoms with van der Waals surface area (Å²) in [4.78, 5) is 2.65. The molecule has 0 radical (unpaired) electrons. The summed E-state index contributed by atoms with van der Waals surface area (Å²) in [6, 6.07) is 0. The van der Waals surface area contributed by atoms with Crippen LogP contribution in [0.2, 0.25) is 0 Å². The standard InChI is InChI=1S/C15H32N2/c1-12(2)14-6-5-8-17(9-7-14)11-15(10-16)13(3)4/h12-15H,5-11,16H2,1-4H3. The van der Waals surface area contributed by atoms with Crippen LogP contribution in [0.1, 0.15) is 47.0 Å². The lowest BCUT2D eigenvalue weighted by atomic mass is 9.89. The highest BCUT2D eigenvalue weighted by molar-refractivity contribution is 4.75. The first kappa shape index (κ1) is 15.0. The molecule has 2 nitrogen and oxygen atoms in total. The van der Waals surface area contributed by atoms with Crippen LogP contribution in [0.15, 0.2) is 0 Å². The normalized spacial score (nSPS) is 25.2. The van der Waals surface area contributed by atoms with E-state index in [0.717, 1.165) is 18.4 Å². The van der Waals surface area contributed by atoms with Gasteiger partial charge in [-0.05, 0) is 62.6 Å². The van der Waals surface area contributed by atoms with Crippen LogP contribution in [0, 0.1) is 23.7 Å². The maximum Gasteiger partial charge on any atom is 0.00242 e. The van der Waals surface area contributed by atoms with Gasteiger partial charge in [-0.25, -0.2) is 0 Å². The molecule has 0 aromatic carbocycles. The predicted octanol–water partition coefficient (Wildman–Crippen LogP) is 2.98. The van der Waals surface area contributed by atoms with Crippen molar-refractivity contribution >= 4 is 0 Å². The third kappa shape index (κ3) is 4.97. The van der Waals surface area contributed by atoms with Crippen molar-refractivity contribution in [3.63, 3.8) is 0 Å². The van der Waals surface area contributed by atoms with Crippen LogP contribution in [0.3, 0.4) is 0 Å². The third-order valence-electron chi connectivity index (χ3n) is 4.55. The van der Waals surface area contributed by atoms with E-state index in [4.69, 9.17) is 5.73 Å². The fourth-order valence-electron chi connectivity index (χ4n) is 2.92. The van der Waals surface area contributed by atoms with Crippen molar-refractivity contribution in [1.82, 2.24) is 4.90 Å². The van der Waals surface area contributed by atoms with Crippen molar-refractivity contribution in [3.8, 4) is 0 Å². The summed E-state index contributed by atoms with van der Waals surface area (Å²) in [5.74, 6) is 3.18. The Morgan fingerprint density at radius 3 is 2.35 bits per heavy atom. The Kier molecular flexibility index (Phi) is 6.50. The molecule has 1 heterocycles. The fraction of sp³-hybridized carbons (Fsp3) is 1.00. The Labute approximate surface area is 108 Å². The van der Waals surface area contributed by atoms with Gasteiger partial charge >= 0.3 is 0 Å². The molecule has 102 valence electrons. The second-order valence-electron chi connectivity index (χ2n) is 6.48. The molecular formula is C15H32N2. The minimum atomic E-state index is 0.672. The Balaban J connectivity index is 2.40. The van der Waals surface area contributed by atoms with Crippen LogP contribution in [0.25, 0.3) is 0 Å². The number of nitrogens with zero attached hydrogens (tertiary/aromatic N) is 1. The molecular weight excluding hydrogens is 208 g/mol. The van der Waals surface area contributed by atoms with Gasteiger partial charge < -0.3 is 10.6 Å². The van der Waals surface area contributed by atoms with E-state index in [1.165, 1.54) is 38.9 Å². The Morgan fingerprint density at radius 1 is 1.12 bits per heavy atom. The molecule has 0 spiro atoms. The molecule has 1 aliphatic rings. The number of likely N-dealkylation sites (tertiary alicyclic amines) is 1. The molecule has 1 saturated heterocycles. The summed E-state index contributed by atoms with van der Waals surface area (Å²) in [5.41, 5.74) is 5.88. The van der Waals surface area contributed by atoms with E-state index in [9.17, 15) is 0 Å². The van der Waals surface area contributed by atoms with Crippen LogP contribution >= 0.6 is 0 Å². The molecule has 2 atom stereocenters. The van der Waals surface area contributed by atoms with E-state index in [1.807, 2.05) is 0 Å². The molecule has 2 unspecified atom stereocenters. The zero-order valence-electron chi connectivity index (χ0n) is 12.3. The van der Waals surface area contributed by atoms with Gasteiger partial charge in [0, 0.05) is 6.54 Å². The largest absolute Gasteiger partial charge is 0.330 e. The zero-order chi connectivity index (χ0) is 12.8. The summed E-state index contributed by atoms with van der Waals surface area (Å²) in [5, 5.41) is 0. The maximum atomic E-state index is 5.88. The number of rotatable bonds is 5. The summed E-state index contributed by atoms with van der Waals surface area (Å²) in [6.07, 6.45) is 4.18. The Hall–Kier alpha value is -0.0800. The number of hydrogen-bond donors (Lipinski definition) is 1. The quantitative estimate of drug-likeness (QED) is 0.800. The molecule has 1 rings (SSSR count). The highest BCUT2D eigenvalue weighted by atomic mass is 15.1. The van der Waals surface area contributed by atoms with Gasteiger partial charge in [-0.2, -0.15) is 0 Å². The monoisotopic (exact) mass is 240 g/mol. The van der Waals surface area contributed by atoms with Crippen LogP contribution in [-0.4, -0.2) is 31.1 Å². The van der Waals surface area contributed by atoms with Crippen molar-refractivity contribution in [2.45, 2.75) is 47.0 Å². The Morgan fingerprint density at radius 2 is 1.82 bits per heavy atom. The first-order chi connectivity index (χ1) is 8.04. The smallest absolute Gasteiger partial charge is 0.00242 e. The van der Waals surface area contributed by atoms with Crippen molar-refractivity contribution in [2.75, 3.05) is 26.2 Å². The summed E-state index contributed by atoms with van der Waals surface area (Å²) < 4.78 is 0. The molecule has 0 amide bonds. The van der Waals surface area contributed by atoms with Gasteiger partial charge in [0.15, 0.2) is 0 Å². The first-order valence-electron chi connectivity index (χ1n) is 7.47. The molecule has 0 aromatic heterocycles. The predicted molar refractivity (Wildman–Crippen MR) is 76.0 cm³/mol. The lowest BCUT2D eigenvalue weighted by Crippen LogP contribution is -2.36. The van der Waals surface area contributed by atoms with E-state index in [1.54, 1.807) is 0 Å². The molecule has 1 fully saturated rings. The highest BCUT2D eigenvalue weighted by Gasteiger charge is 2.22. The Bertz CT molecular complexity index is 201. The molecule has 0 aliphatic carbocycles. The van der Waals surface area contributed by atoms with Gasteiger partial charge in [0.05, 0.1) is 0 Å². The van der Waals surface area contributed by atoms with Gasteiger partial charge in [-0.1, -0.05) is 27.7 Å². The molecule has 0 bridgehead atoms. The summed E-state index contributed by atoms with van der Waals surface area (Å²) in [7, 11) is 0. The van der Waals surface area contributed by atoms with Crippen LogP contribution in [0.4, 0.5) is 0 Å². The minimum absolute atomic E-state index is 0.672. The second kappa shape index (κ2) is 7.38. The van der Waals surface area contributed by atoms with Gasteiger partial charge in [-0.15, -0.1) is 0 Å². The molecule has 2 heteroatoms. The summed E-state index contributed by atoms with van der Waals surface area (Å²) >= 11 is 0. The van der Waals surface area contributed by atoms with Crippen LogP contribution in [-0.2, 0) is 0 Å². The van der Waals surface area contributed by atoms with Crippen molar-refractivity contribution in [1.29, 1.82) is 0 Å². The number of hydrogen-bond acceptors (Lipinski definition) is 2. The number of nitrogens with two attached hydrogens (primary N) is 1. The highest BCUT2D eigenvalue weighted by Crippen LogP contribution is 2.25. The van der Waals surface area contributed by atoms with E-state index in [-0.39, 0.29) is 0 Å². The maximum absolute atomic E-state index is 5.88. The third-order valence-corrected chi connectivity index (χ3v) is 4.55. The lowest BCUT2D eigenvalue weighted by molar-refractivity contribution is 0.206. The second-order valence-corrected chi connectivity index (χ2v) is 6.48. The minimum Gasteiger partial charge on any atom is -0.330 e. The molecule has 1 aliphatic heterocycles. The van der Waals surface area contributed by atoms with Crippen LogP contribution < -0.4 is 5.73 Å². The first-order valence-corrected chi connectivity index (χ1v) is 7.47. The van der Waals surface area contributed by atoms with Gasteiger partial charge in [0.25, 0.3) is 0 Å². The van der Waals surface area contributed by atoms with Crippen LogP contribution in [0.5, 0.6) is 0 Å². The van der Waals surface area contributed by atoms with Gasteiger partial charge in [0.2, 0.25) is 0 Å². The van der Waals surface area contributed by atoms with E-state index in [0.29, 0.717) is 11.8 Å². The van der Waals surface area contributed by atoms with E-state index >= 15 is 0 Å². The lowest BCUT2D eigenvalue weighted by Gasteiger charge is -2.28. The zero-order valence-corrected chi connectivity index (χ0v) is 12.3. The molecule has 2 N–H and O–H groups in total. The van der Waals surface area contributed by atoms with E-state index in [2.05, 4.69) is 32.6 Å². The van der Waals surface area contributed by atoms with Gasteiger partial charge in [0.1, 0.15) is 0 Å². The topological polar surface area (TPSA) is 29.3 Å². The average molecular weight is 240 g/mol. The van der Waals surface area contributed by atoms with Gasteiger partial charge in [-0.3, -0.25) is 0 Å². The molecule has 0 saturated carbocycles. The molecule has 0 aromatic rings. The van der Waals surface area contributed by atoms with Crippen molar-refractivity contribution in [2.24, 2.45) is 29.4 Å². The molecule has 17 heavy (non-hydrogen) atoms. The average Bonchev–Trinajstić information content (AvgIpc) is 2.50. The van der Waals surface area contributed by atoms with Crippen molar-refractivity contribution in [3.05, 3.63) is 0 Å². The van der Waals surface area contributed by atoms with Crippen molar-refractivity contribution < 1.29 is 0 Å². The van der Waals surface area contributed by atoms with E-state index < -0.39 is 0 Å².